The average Bonchev–Trinajstić information content (AvgIpc) is 2.37. The highest BCUT2D eigenvalue weighted by Gasteiger charge is 2.30. The molecule has 2 N–H and O–H groups in total. The lowest BCUT2D eigenvalue weighted by Crippen LogP contribution is -2.36. The molecular formula is C16H25NO2. The number of ether oxygens (including phenoxy) is 2. The minimum atomic E-state index is 0.251. The van der Waals surface area contributed by atoms with E-state index in [1.54, 1.807) is 7.11 Å². The molecule has 1 aromatic carbocycles. The monoisotopic (exact) mass is 263 g/mol. The molecule has 1 unspecified atom stereocenters. The third-order valence-electron chi connectivity index (χ3n) is 3.89. The van der Waals surface area contributed by atoms with Crippen LogP contribution in [0.5, 0.6) is 5.75 Å². The molecule has 0 amide bonds. The minimum Gasteiger partial charge on any atom is -0.497 e. The van der Waals surface area contributed by atoms with Gasteiger partial charge in [-0.25, -0.2) is 0 Å². The van der Waals surface area contributed by atoms with Crippen LogP contribution in [-0.4, -0.2) is 25.9 Å². The van der Waals surface area contributed by atoms with Crippen molar-refractivity contribution in [1.82, 2.24) is 0 Å². The van der Waals surface area contributed by atoms with E-state index in [0.717, 1.165) is 31.1 Å². The molecule has 1 aliphatic carbocycles. The maximum absolute atomic E-state index is 6.23. The van der Waals surface area contributed by atoms with Gasteiger partial charge in [-0.05, 0) is 56.2 Å². The third-order valence-corrected chi connectivity index (χ3v) is 3.89. The van der Waals surface area contributed by atoms with Crippen molar-refractivity contribution in [3.8, 4) is 5.75 Å². The smallest absolute Gasteiger partial charge is 0.118 e. The standard InChI is InChI=1S/C16H25NO2/c1-3-19-16-10-13(11-16)9-14(17)8-12-4-6-15(18-2)7-5-12/h4-7,13-14,16H,3,8-11,17H2,1-2H3. The van der Waals surface area contributed by atoms with E-state index in [1.165, 1.54) is 18.4 Å². The van der Waals surface area contributed by atoms with E-state index in [4.69, 9.17) is 15.2 Å². The Labute approximate surface area is 116 Å². The van der Waals surface area contributed by atoms with Crippen LogP contribution in [-0.2, 0) is 11.2 Å². The quantitative estimate of drug-likeness (QED) is 0.822. The van der Waals surface area contributed by atoms with Crippen LogP contribution in [0.25, 0.3) is 0 Å². The first-order valence-electron chi connectivity index (χ1n) is 7.21. The molecule has 0 aliphatic heterocycles. The Bertz CT molecular complexity index is 371. The number of nitrogens with two attached hydrogens (primary N) is 1. The maximum Gasteiger partial charge on any atom is 0.118 e. The molecule has 3 heteroatoms. The summed E-state index contributed by atoms with van der Waals surface area (Å²) in [6.07, 6.45) is 4.91. The predicted molar refractivity (Wildman–Crippen MR) is 77.4 cm³/mol. The second-order valence-corrected chi connectivity index (χ2v) is 5.46. The zero-order valence-electron chi connectivity index (χ0n) is 12.0. The molecule has 1 saturated carbocycles. The molecule has 0 spiro atoms. The van der Waals surface area contributed by atoms with Crippen molar-refractivity contribution in [1.29, 1.82) is 0 Å². The van der Waals surface area contributed by atoms with Gasteiger partial charge in [-0.1, -0.05) is 12.1 Å². The average molecular weight is 263 g/mol. The number of rotatable bonds is 7. The fourth-order valence-electron chi connectivity index (χ4n) is 2.81. The fourth-order valence-corrected chi connectivity index (χ4v) is 2.81. The highest BCUT2D eigenvalue weighted by molar-refractivity contribution is 5.27. The summed E-state index contributed by atoms with van der Waals surface area (Å²) < 4.78 is 10.7. The molecule has 0 saturated heterocycles. The molecule has 1 aliphatic rings. The highest BCUT2D eigenvalue weighted by atomic mass is 16.5. The van der Waals surface area contributed by atoms with E-state index < -0.39 is 0 Å². The van der Waals surface area contributed by atoms with Crippen LogP contribution in [0.15, 0.2) is 24.3 Å². The summed E-state index contributed by atoms with van der Waals surface area (Å²) in [5, 5.41) is 0. The second-order valence-electron chi connectivity index (χ2n) is 5.46. The van der Waals surface area contributed by atoms with Crippen LogP contribution in [0.4, 0.5) is 0 Å². The largest absolute Gasteiger partial charge is 0.497 e. The van der Waals surface area contributed by atoms with E-state index >= 15 is 0 Å². The van der Waals surface area contributed by atoms with Crippen LogP contribution in [0, 0.1) is 5.92 Å². The predicted octanol–water partition coefficient (Wildman–Crippen LogP) is 2.77. The van der Waals surface area contributed by atoms with Gasteiger partial charge in [-0.15, -0.1) is 0 Å². The van der Waals surface area contributed by atoms with Gasteiger partial charge < -0.3 is 15.2 Å². The zero-order valence-corrected chi connectivity index (χ0v) is 12.0. The van der Waals surface area contributed by atoms with Gasteiger partial charge in [0.15, 0.2) is 0 Å². The van der Waals surface area contributed by atoms with Crippen molar-refractivity contribution >= 4 is 0 Å². The van der Waals surface area contributed by atoms with Crippen molar-refractivity contribution in [3.63, 3.8) is 0 Å². The molecular weight excluding hydrogens is 238 g/mol. The molecule has 1 aromatic rings. The first-order chi connectivity index (χ1) is 9.21. The van der Waals surface area contributed by atoms with Gasteiger partial charge in [-0.3, -0.25) is 0 Å². The topological polar surface area (TPSA) is 44.5 Å². The Kier molecular flexibility index (Phi) is 5.23. The van der Waals surface area contributed by atoms with Crippen molar-refractivity contribution in [2.45, 2.75) is 44.8 Å². The summed E-state index contributed by atoms with van der Waals surface area (Å²) in [4.78, 5) is 0. The SMILES string of the molecule is CCOC1CC(CC(N)Cc2ccc(OC)cc2)C1. The van der Waals surface area contributed by atoms with Gasteiger partial charge in [0, 0.05) is 12.6 Å². The second kappa shape index (κ2) is 6.92. The van der Waals surface area contributed by atoms with Crippen molar-refractivity contribution < 1.29 is 9.47 Å². The first kappa shape index (κ1) is 14.4. The van der Waals surface area contributed by atoms with Crippen molar-refractivity contribution in [3.05, 3.63) is 29.8 Å². The van der Waals surface area contributed by atoms with Crippen LogP contribution in [0.2, 0.25) is 0 Å². The van der Waals surface area contributed by atoms with Gasteiger partial charge in [0.05, 0.1) is 13.2 Å². The first-order valence-corrected chi connectivity index (χ1v) is 7.21. The van der Waals surface area contributed by atoms with Gasteiger partial charge in [-0.2, -0.15) is 0 Å². The normalized spacial score (nSPS) is 23.7. The maximum atomic E-state index is 6.23. The van der Waals surface area contributed by atoms with Crippen LogP contribution in [0.3, 0.4) is 0 Å². The molecule has 19 heavy (non-hydrogen) atoms. The molecule has 1 atom stereocenters. The molecule has 106 valence electrons. The number of hydrogen-bond acceptors (Lipinski definition) is 3. The summed E-state index contributed by atoms with van der Waals surface area (Å²) in [6.45, 7) is 2.89. The number of methoxy groups -OCH3 is 1. The van der Waals surface area contributed by atoms with Crippen molar-refractivity contribution in [2.24, 2.45) is 11.7 Å². The van der Waals surface area contributed by atoms with Gasteiger partial charge >= 0.3 is 0 Å². The fraction of sp³-hybridized carbons (Fsp3) is 0.625. The summed E-state index contributed by atoms with van der Waals surface area (Å²) in [5.41, 5.74) is 7.52. The Morgan fingerprint density at radius 3 is 2.53 bits per heavy atom. The summed E-state index contributed by atoms with van der Waals surface area (Å²) in [5.74, 6) is 1.65. The lowest BCUT2D eigenvalue weighted by Gasteiger charge is -2.36. The van der Waals surface area contributed by atoms with Crippen molar-refractivity contribution in [2.75, 3.05) is 13.7 Å². The molecule has 3 nitrogen and oxygen atoms in total. The molecule has 0 heterocycles. The van der Waals surface area contributed by atoms with E-state index in [1.807, 2.05) is 12.1 Å². The lowest BCUT2D eigenvalue weighted by molar-refractivity contribution is -0.0280. The molecule has 2 rings (SSSR count). The third kappa shape index (κ3) is 4.22. The van der Waals surface area contributed by atoms with E-state index in [9.17, 15) is 0 Å². The Hall–Kier alpha value is -1.06. The Morgan fingerprint density at radius 1 is 1.26 bits per heavy atom. The number of hydrogen-bond donors (Lipinski definition) is 1. The molecule has 0 bridgehead atoms. The molecule has 0 aromatic heterocycles. The van der Waals surface area contributed by atoms with E-state index in [2.05, 4.69) is 19.1 Å². The van der Waals surface area contributed by atoms with Crippen LogP contribution >= 0.6 is 0 Å². The van der Waals surface area contributed by atoms with Gasteiger partial charge in [0.2, 0.25) is 0 Å². The summed E-state index contributed by atoms with van der Waals surface area (Å²) in [6, 6.07) is 8.44. The molecule has 1 fully saturated rings. The molecule has 0 radical (unpaired) electrons. The Morgan fingerprint density at radius 2 is 1.95 bits per heavy atom. The Balaban J connectivity index is 1.71. The summed E-state index contributed by atoms with van der Waals surface area (Å²) in [7, 11) is 1.69. The minimum absolute atomic E-state index is 0.251. The summed E-state index contributed by atoms with van der Waals surface area (Å²) >= 11 is 0. The van der Waals surface area contributed by atoms with Crippen LogP contribution in [0.1, 0.15) is 31.7 Å². The number of benzene rings is 1. The highest BCUT2D eigenvalue weighted by Crippen LogP contribution is 2.33. The lowest BCUT2D eigenvalue weighted by atomic mass is 9.77. The van der Waals surface area contributed by atoms with Crippen LogP contribution < -0.4 is 10.5 Å². The van der Waals surface area contributed by atoms with E-state index in [0.29, 0.717) is 6.10 Å². The van der Waals surface area contributed by atoms with Gasteiger partial charge in [0.1, 0.15) is 5.75 Å². The van der Waals surface area contributed by atoms with Gasteiger partial charge in [0.25, 0.3) is 0 Å². The zero-order chi connectivity index (χ0) is 13.7. The van der Waals surface area contributed by atoms with E-state index in [-0.39, 0.29) is 6.04 Å².